The van der Waals surface area contributed by atoms with Gasteiger partial charge < -0.3 is 14.7 Å². The molecule has 0 saturated heterocycles. The Morgan fingerprint density at radius 3 is 1.43 bits per heavy atom. The molecule has 0 aliphatic heterocycles. The standard InChI is InChI=1S/C16H37O10P3.Nd/c1-5-7-9-11-13-15(3)23-29(22,24-16(4)14-12-10-8-6-2)26-28(20,21)25-27(17,18)19;/h15-16H,5-14H2,1-4H3,(H,20,21)(H2,17,18,19);. The number of hydrogen-bond donors (Lipinski definition) is 3. The molecule has 0 saturated carbocycles. The predicted molar refractivity (Wildman–Crippen MR) is 110 cm³/mol. The van der Waals surface area contributed by atoms with E-state index in [4.69, 9.17) is 18.8 Å². The fraction of sp³-hybridized carbons (Fsp3) is 1.00. The summed E-state index contributed by atoms with van der Waals surface area (Å²) in [7, 11) is -15.4. The van der Waals surface area contributed by atoms with Crippen LogP contribution in [0.5, 0.6) is 0 Å². The van der Waals surface area contributed by atoms with Gasteiger partial charge in [0, 0.05) is 40.8 Å². The van der Waals surface area contributed by atoms with Crippen LogP contribution < -0.4 is 0 Å². The second-order valence-corrected chi connectivity index (χ2v) is 11.6. The fourth-order valence-electron chi connectivity index (χ4n) is 2.60. The Balaban J connectivity index is 0. The quantitative estimate of drug-likeness (QED) is 0.121. The summed E-state index contributed by atoms with van der Waals surface area (Å²) < 4.78 is 54.6. The van der Waals surface area contributed by atoms with Crippen LogP contribution in [0, 0.1) is 40.8 Å². The van der Waals surface area contributed by atoms with E-state index in [1.807, 2.05) is 0 Å². The molecule has 0 radical (unpaired) electrons. The van der Waals surface area contributed by atoms with Crippen LogP contribution in [0.2, 0.25) is 0 Å². The first-order valence-corrected chi connectivity index (χ1v) is 14.6. The molecule has 30 heavy (non-hydrogen) atoms. The second-order valence-electron chi connectivity index (χ2n) is 7.10. The molecule has 0 aromatic carbocycles. The molecule has 0 fully saturated rings. The molecule has 0 aromatic heterocycles. The van der Waals surface area contributed by atoms with E-state index < -0.39 is 35.7 Å². The summed E-state index contributed by atoms with van der Waals surface area (Å²) in [5.74, 6) is 0. The number of unbranched alkanes of at least 4 members (excludes halogenated alkanes) is 6. The Kier molecular flexibility index (Phi) is 19.5. The first-order valence-electron chi connectivity index (χ1n) is 10.1. The Labute approximate surface area is 213 Å². The van der Waals surface area contributed by atoms with Gasteiger partial charge in [-0.3, -0.25) is 9.05 Å². The monoisotopic (exact) mass is 624 g/mol. The minimum Gasteiger partial charge on any atom is -0.302 e. The average Bonchev–Trinajstić information content (AvgIpc) is 2.52. The Hall–Kier alpha value is 1.76. The van der Waals surface area contributed by atoms with E-state index >= 15 is 0 Å². The zero-order valence-electron chi connectivity index (χ0n) is 18.3. The van der Waals surface area contributed by atoms with Crippen LogP contribution >= 0.6 is 23.5 Å². The third kappa shape index (κ3) is 19.2. The molecule has 3 unspecified atom stereocenters. The summed E-state index contributed by atoms with van der Waals surface area (Å²) in [5, 5.41) is 0. The number of phosphoric ester groups is 1. The van der Waals surface area contributed by atoms with Gasteiger partial charge in [-0.25, -0.2) is 13.7 Å². The summed E-state index contributed by atoms with van der Waals surface area (Å²) in [6.07, 6.45) is 7.41. The second kappa shape index (κ2) is 17.2. The normalized spacial score (nSPS) is 18.1. The van der Waals surface area contributed by atoms with E-state index in [9.17, 15) is 18.6 Å². The van der Waals surface area contributed by atoms with Crippen molar-refractivity contribution in [2.24, 2.45) is 0 Å². The first-order chi connectivity index (χ1) is 13.3. The van der Waals surface area contributed by atoms with Crippen LogP contribution in [0.25, 0.3) is 0 Å². The van der Waals surface area contributed by atoms with E-state index in [-0.39, 0.29) is 40.8 Å². The zero-order chi connectivity index (χ0) is 22.6. The fourth-order valence-corrected chi connectivity index (χ4v) is 6.53. The molecular weight excluding hydrogens is 589 g/mol. The number of phosphoric acid groups is 3. The maximum atomic E-state index is 13.0. The SMILES string of the molecule is CCCCCCC(C)OP(=O)(OC(C)CCCCCC)OP(=O)(O)OP(=O)(O)O.[Nd]. The van der Waals surface area contributed by atoms with Crippen molar-refractivity contribution in [1.82, 2.24) is 0 Å². The van der Waals surface area contributed by atoms with Crippen LogP contribution in [0.1, 0.15) is 91.9 Å². The molecule has 0 aliphatic rings. The molecule has 0 aliphatic carbocycles. The number of rotatable bonds is 18. The maximum absolute atomic E-state index is 13.0. The third-order valence-corrected chi connectivity index (χ3v) is 8.50. The summed E-state index contributed by atoms with van der Waals surface area (Å²) >= 11 is 0. The molecule has 14 heteroatoms. The van der Waals surface area contributed by atoms with Crippen molar-refractivity contribution in [1.29, 1.82) is 0 Å². The van der Waals surface area contributed by atoms with E-state index in [0.717, 1.165) is 51.4 Å². The van der Waals surface area contributed by atoms with Crippen molar-refractivity contribution >= 4 is 23.5 Å². The summed E-state index contributed by atoms with van der Waals surface area (Å²) in [6, 6.07) is 0. The van der Waals surface area contributed by atoms with Gasteiger partial charge in [0.1, 0.15) is 0 Å². The zero-order valence-corrected chi connectivity index (χ0v) is 24.2. The van der Waals surface area contributed by atoms with Crippen molar-refractivity contribution in [3.63, 3.8) is 0 Å². The summed E-state index contributed by atoms with van der Waals surface area (Å²) in [6.45, 7) is 7.36. The molecule has 3 atom stereocenters. The first kappa shape index (κ1) is 33.9. The Bertz CT molecular complexity index is 562. The molecule has 10 nitrogen and oxygen atoms in total. The van der Waals surface area contributed by atoms with Crippen molar-refractivity contribution in [2.45, 2.75) is 104 Å². The van der Waals surface area contributed by atoms with Gasteiger partial charge in [-0.1, -0.05) is 65.2 Å². The average molecular weight is 627 g/mol. The van der Waals surface area contributed by atoms with Crippen molar-refractivity contribution in [2.75, 3.05) is 0 Å². The molecule has 0 amide bonds. The minimum atomic E-state index is -5.40. The molecule has 180 valence electrons. The molecular formula is C16H37NdO10P3. The van der Waals surface area contributed by atoms with Crippen molar-refractivity contribution in [3.05, 3.63) is 0 Å². The van der Waals surface area contributed by atoms with Gasteiger partial charge in [0.05, 0.1) is 12.2 Å². The van der Waals surface area contributed by atoms with Crippen LogP contribution in [-0.4, -0.2) is 26.9 Å². The largest absolute Gasteiger partial charge is 0.490 e. The van der Waals surface area contributed by atoms with Gasteiger partial charge in [0.15, 0.2) is 0 Å². The van der Waals surface area contributed by atoms with Crippen LogP contribution in [0.3, 0.4) is 0 Å². The summed E-state index contributed by atoms with van der Waals surface area (Å²) in [4.78, 5) is 27.1. The van der Waals surface area contributed by atoms with Gasteiger partial charge in [-0.05, 0) is 26.7 Å². The van der Waals surface area contributed by atoms with Crippen molar-refractivity contribution in [3.8, 4) is 0 Å². The van der Waals surface area contributed by atoms with Crippen LogP contribution in [0.4, 0.5) is 0 Å². The molecule has 0 rings (SSSR count). The van der Waals surface area contributed by atoms with Gasteiger partial charge in [-0.15, -0.1) is 0 Å². The molecule has 3 N–H and O–H groups in total. The van der Waals surface area contributed by atoms with Gasteiger partial charge in [-0.2, -0.15) is 8.62 Å². The molecule has 0 bridgehead atoms. The van der Waals surface area contributed by atoms with Gasteiger partial charge >= 0.3 is 23.5 Å². The Morgan fingerprint density at radius 1 is 0.700 bits per heavy atom. The molecule has 0 heterocycles. The van der Waals surface area contributed by atoms with Gasteiger partial charge in [0.25, 0.3) is 0 Å². The topological polar surface area (TPSA) is 149 Å². The van der Waals surface area contributed by atoms with Crippen LogP contribution in [0.15, 0.2) is 0 Å². The molecule has 0 aromatic rings. The third-order valence-electron chi connectivity index (χ3n) is 3.96. The van der Waals surface area contributed by atoms with E-state index in [0.29, 0.717) is 12.8 Å². The summed E-state index contributed by atoms with van der Waals surface area (Å²) in [5.41, 5.74) is 0. The molecule has 0 spiro atoms. The predicted octanol–water partition coefficient (Wildman–Crippen LogP) is 6.07. The smallest absolute Gasteiger partial charge is 0.302 e. The van der Waals surface area contributed by atoms with Gasteiger partial charge in [0.2, 0.25) is 0 Å². The van der Waals surface area contributed by atoms with Crippen LogP contribution in [-0.2, 0) is 31.4 Å². The minimum absolute atomic E-state index is 0. The number of hydrogen-bond acceptors (Lipinski definition) is 7. The van der Waals surface area contributed by atoms with E-state index in [1.54, 1.807) is 13.8 Å². The van der Waals surface area contributed by atoms with E-state index in [2.05, 4.69) is 22.5 Å². The van der Waals surface area contributed by atoms with Crippen molar-refractivity contribution < 1.29 is 86.9 Å². The Morgan fingerprint density at radius 2 is 1.10 bits per heavy atom. The van der Waals surface area contributed by atoms with E-state index in [1.165, 1.54) is 0 Å². The maximum Gasteiger partial charge on any atom is 0.490 e.